The highest BCUT2D eigenvalue weighted by Crippen LogP contribution is 2.23. The molecule has 0 fully saturated rings. The number of aldehydes is 1. The van der Waals surface area contributed by atoms with Crippen LogP contribution in [0, 0.1) is 6.92 Å². The van der Waals surface area contributed by atoms with Crippen molar-refractivity contribution in [1.29, 1.82) is 0 Å². The Balaban J connectivity index is 2.79. The highest BCUT2D eigenvalue weighted by Gasteiger charge is 2.12. The monoisotopic (exact) mass is 235 g/mol. The fourth-order valence-electron chi connectivity index (χ4n) is 1.81. The fraction of sp³-hybridized carbons (Fsp3) is 0.364. The summed E-state index contributed by atoms with van der Waals surface area (Å²) in [5.74, 6) is 0.598. The van der Waals surface area contributed by atoms with Crippen molar-refractivity contribution < 1.29 is 4.79 Å². The second kappa shape index (κ2) is 4.25. The number of rotatable bonds is 3. The second-order valence-electron chi connectivity index (χ2n) is 3.49. The van der Waals surface area contributed by atoms with Crippen LogP contribution in [-0.2, 0) is 6.42 Å². The highest BCUT2D eigenvalue weighted by atomic mass is 32.2. The number of carbonyl (C=O) groups is 1. The van der Waals surface area contributed by atoms with Gasteiger partial charge in [0.1, 0.15) is 10.7 Å². The third kappa shape index (κ3) is 1.61. The molecule has 0 atom stereocenters. The number of aryl methyl sites for hydroxylation is 1. The molecule has 0 aliphatic rings. The van der Waals surface area contributed by atoms with Crippen LogP contribution in [0.2, 0.25) is 0 Å². The first-order chi connectivity index (χ1) is 7.71. The lowest BCUT2D eigenvalue weighted by Crippen LogP contribution is -2.02. The maximum atomic E-state index is 10.7. The van der Waals surface area contributed by atoms with Crippen LogP contribution in [0.5, 0.6) is 0 Å². The van der Waals surface area contributed by atoms with E-state index in [9.17, 15) is 4.79 Å². The molecule has 0 saturated heterocycles. The van der Waals surface area contributed by atoms with Crippen LogP contribution in [-0.4, -0.2) is 26.9 Å². The Bertz CT molecular complexity index is 548. The lowest BCUT2D eigenvalue weighted by atomic mass is 10.2. The van der Waals surface area contributed by atoms with Gasteiger partial charge in [0, 0.05) is 17.5 Å². The van der Waals surface area contributed by atoms with Crippen molar-refractivity contribution in [2.75, 3.05) is 6.26 Å². The Labute approximate surface area is 98.1 Å². The standard InChI is InChI=1S/C11H13N3OS/c1-4-9-7(2)14-5-8(6-15)12-11(14)13-10(9)16-3/h5-6H,4H2,1-3H3. The summed E-state index contributed by atoms with van der Waals surface area (Å²) >= 11 is 1.61. The third-order valence-electron chi connectivity index (χ3n) is 2.63. The Hall–Kier alpha value is -1.36. The van der Waals surface area contributed by atoms with Crippen LogP contribution < -0.4 is 0 Å². The van der Waals surface area contributed by atoms with E-state index in [4.69, 9.17) is 0 Å². The average molecular weight is 235 g/mol. The van der Waals surface area contributed by atoms with Crippen LogP contribution in [0.15, 0.2) is 11.2 Å². The molecular formula is C11H13N3OS. The zero-order chi connectivity index (χ0) is 11.7. The Kier molecular flexibility index (Phi) is 2.96. The van der Waals surface area contributed by atoms with Crippen molar-refractivity contribution in [1.82, 2.24) is 14.4 Å². The molecule has 0 aliphatic carbocycles. The van der Waals surface area contributed by atoms with Gasteiger partial charge in [-0.25, -0.2) is 9.97 Å². The van der Waals surface area contributed by atoms with Crippen molar-refractivity contribution in [3.05, 3.63) is 23.1 Å². The molecule has 0 N–H and O–H groups in total. The molecule has 2 aromatic heterocycles. The molecule has 4 nitrogen and oxygen atoms in total. The number of fused-ring (bicyclic) bond motifs is 1. The first-order valence-corrected chi connectivity index (χ1v) is 6.31. The summed E-state index contributed by atoms with van der Waals surface area (Å²) in [6, 6.07) is 0. The van der Waals surface area contributed by atoms with Gasteiger partial charge in [0.15, 0.2) is 6.29 Å². The van der Waals surface area contributed by atoms with Crippen molar-refractivity contribution in [2.45, 2.75) is 25.3 Å². The Morgan fingerprint density at radius 1 is 1.50 bits per heavy atom. The molecule has 84 valence electrons. The van der Waals surface area contributed by atoms with Gasteiger partial charge in [-0.15, -0.1) is 11.8 Å². The molecule has 0 radical (unpaired) electrons. The van der Waals surface area contributed by atoms with Gasteiger partial charge >= 0.3 is 0 Å². The maximum Gasteiger partial charge on any atom is 0.235 e. The summed E-state index contributed by atoms with van der Waals surface area (Å²) < 4.78 is 1.88. The predicted octanol–water partition coefficient (Wildman–Crippen LogP) is 2.13. The van der Waals surface area contributed by atoms with Crippen molar-refractivity contribution in [3.8, 4) is 0 Å². The number of imidazole rings is 1. The molecule has 0 bridgehead atoms. The maximum absolute atomic E-state index is 10.7. The number of nitrogens with zero attached hydrogens (tertiary/aromatic N) is 3. The average Bonchev–Trinajstić information content (AvgIpc) is 2.72. The Morgan fingerprint density at radius 3 is 2.81 bits per heavy atom. The minimum Gasteiger partial charge on any atom is -0.296 e. The molecule has 5 heteroatoms. The van der Waals surface area contributed by atoms with E-state index in [1.54, 1.807) is 18.0 Å². The van der Waals surface area contributed by atoms with Gasteiger partial charge < -0.3 is 0 Å². The number of thioether (sulfide) groups is 1. The van der Waals surface area contributed by atoms with Gasteiger partial charge in [-0.2, -0.15) is 0 Å². The topological polar surface area (TPSA) is 47.3 Å². The summed E-state index contributed by atoms with van der Waals surface area (Å²) in [5.41, 5.74) is 2.75. The number of hydrogen-bond donors (Lipinski definition) is 0. The summed E-state index contributed by atoms with van der Waals surface area (Å²) in [7, 11) is 0. The van der Waals surface area contributed by atoms with Crippen molar-refractivity contribution in [3.63, 3.8) is 0 Å². The molecule has 0 amide bonds. The SMILES string of the molecule is CCc1c(SC)nc2nc(C=O)cn2c1C. The van der Waals surface area contributed by atoms with E-state index in [1.807, 2.05) is 17.6 Å². The molecule has 2 heterocycles. The van der Waals surface area contributed by atoms with Gasteiger partial charge in [-0.3, -0.25) is 9.20 Å². The fourth-order valence-corrected chi connectivity index (χ4v) is 2.52. The van der Waals surface area contributed by atoms with Crippen LogP contribution in [0.1, 0.15) is 28.7 Å². The smallest absolute Gasteiger partial charge is 0.235 e. The number of carbonyl (C=O) groups excluding carboxylic acids is 1. The zero-order valence-electron chi connectivity index (χ0n) is 9.52. The largest absolute Gasteiger partial charge is 0.296 e. The van der Waals surface area contributed by atoms with E-state index in [0.717, 1.165) is 23.4 Å². The van der Waals surface area contributed by atoms with Gasteiger partial charge in [0.25, 0.3) is 0 Å². The first-order valence-electron chi connectivity index (χ1n) is 5.09. The van der Waals surface area contributed by atoms with E-state index in [-0.39, 0.29) is 0 Å². The number of hydrogen-bond acceptors (Lipinski definition) is 4. The molecule has 2 rings (SSSR count). The quantitative estimate of drug-likeness (QED) is 0.464. The van der Waals surface area contributed by atoms with E-state index in [0.29, 0.717) is 11.5 Å². The summed E-state index contributed by atoms with van der Waals surface area (Å²) in [5, 5.41) is 0.996. The zero-order valence-corrected chi connectivity index (χ0v) is 10.3. The first kappa shape index (κ1) is 11.1. The van der Waals surface area contributed by atoms with Crippen LogP contribution in [0.3, 0.4) is 0 Å². The highest BCUT2D eigenvalue weighted by molar-refractivity contribution is 7.98. The third-order valence-corrected chi connectivity index (χ3v) is 3.36. The molecule has 0 aliphatic heterocycles. The van der Waals surface area contributed by atoms with E-state index in [1.165, 1.54) is 5.56 Å². The molecule has 2 aromatic rings. The van der Waals surface area contributed by atoms with E-state index in [2.05, 4.69) is 16.9 Å². The summed E-state index contributed by atoms with van der Waals surface area (Å²) in [6.07, 6.45) is 5.41. The van der Waals surface area contributed by atoms with Crippen molar-refractivity contribution in [2.24, 2.45) is 0 Å². The van der Waals surface area contributed by atoms with Gasteiger partial charge in [0.05, 0.1) is 0 Å². The molecule has 0 unspecified atom stereocenters. The van der Waals surface area contributed by atoms with Gasteiger partial charge in [0.2, 0.25) is 5.78 Å². The summed E-state index contributed by atoms with van der Waals surface area (Å²) in [6.45, 7) is 4.14. The predicted molar refractivity (Wildman–Crippen MR) is 64.3 cm³/mol. The lowest BCUT2D eigenvalue weighted by Gasteiger charge is -2.09. The molecule has 0 spiro atoms. The van der Waals surface area contributed by atoms with Gasteiger partial charge in [-0.1, -0.05) is 6.92 Å². The van der Waals surface area contributed by atoms with Crippen molar-refractivity contribution >= 4 is 23.8 Å². The van der Waals surface area contributed by atoms with E-state index >= 15 is 0 Å². The summed E-state index contributed by atoms with van der Waals surface area (Å²) in [4.78, 5) is 19.3. The van der Waals surface area contributed by atoms with Gasteiger partial charge in [-0.05, 0) is 19.6 Å². The Morgan fingerprint density at radius 2 is 2.25 bits per heavy atom. The van der Waals surface area contributed by atoms with Crippen LogP contribution >= 0.6 is 11.8 Å². The molecule has 0 aromatic carbocycles. The second-order valence-corrected chi connectivity index (χ2v) is 4.29. The number of aromatic nitrogens is 3. The molecular weight excluding hydrogens is 222 g/mol. The molecule has 0 saturated carbocycles. The van der Waals surface area contributed by atoms with Crippen LogP contribution in [0.25, 0.3) is 5.78 Å². The minimum absolute atomic E-state index is 0.427. The van der Waals surface area contributed by atoms with E-state index < -0.39 is 0 Å². The minimum atomic E-state index is 0.427. The molecule has 16 heavy (non-hydrogen) atoms. The lowest BCUT2D eigenvalue weighted by molar-refractivity contribution is 0.111. The normalized spacial score (nSPS) is 10.9. The van der Waals surface area contributed by atoms with Crippen LogP contribution in [0.4, 0.5) is 0 Å².